The lowest BCUT2D eigenvalue weighted by molar-refractivity contribution is 0.00934. The van der Waals surface area contributed by atoms with Gasteiger partial charge in [0.1, 0.15) is 0 Å². The molecule has 1 nitrogen and oxygen atoms in total. The van der Waals surface area contributed by atoms with Gasteiger partial charge in [-0.05, 0) is 18.1 Å². The number of benzene rings is 1. The van der Waals surface area contributed by atoms with Crippen LogP contribution in [-0.4, -0.2) is 11.4 Å². The average Bonchev–Trinajstić information content (AvgIpc) is 2.39. The summed E-state index contributed by atoms with van der Waals surface area (Å²) < 4.78 is 6.14. The molecule has 0 bridgehead atoms. The Kier molecular flexibility index (Phi) is 4.41. The Labute approximate surface area is 118 Å². The van der Waals surface area contributed by atoms with Crippen LogP contribution < -0.4 is 0 Å². The molecule has 0 aromatic heterocycles. The summed E-state index contributed by atoms with van der Waals surface area (Å²) in [6.45, 7) is 5.03. The molecule has 1 aromatic carbocycles. The number of allylic oxidation sites excluding steroid dienone is 2. The van der Waals surface area contributed by atoms with Gasteiger partial charge in [0.25, 0.3) is 0 Å². The summed E-state index contributed by atoms with van der Waals surface area (Å²) in [6.07, 6.45) is 6.63. The second-order valence-electron chi connectivity index (χ2n) is 5.09. The average molecular weight is 307 g/mol. The van der Waals surface area contributed by atoms with Crippen LogP contribution in [0.25, 0.3) is 0 Å². The Morgan fingerprint density at radius 1 is 1.28 bits per heavy atom. The molecule has 1 aliphatic rings. The van der Waals surface area contributed by atoms with Crippen LogP contribution in [0.1, 0.15) is 19.4 Å². The number of ether oxygens (including phenoxy) is 1. The normalized spacial score (nSPS) is 27.1. The summed E-state index contributed by atoms with van der Waals surface area (Å²) in [6, 6.07) is 10.3. The van der Waals surface area contributed by atoms with E-state index in [4.69, 9.17) is 4.74 Å². The van der Waals surface area contributed by atoms with Gasteiger partial charge in [0.2, 0.25) is 0 Å². The molecular weight excluding hydrogens is 288 g/mol. The number of alkyl halides is 1. The second kappa shape index (κ2) is 5.85. The number of rotatable bonds is 4. The largest absolute Gasteiger partial charge is 0.368 e. The lowest BCUT2D eigenvalue weighted by Crippen LogP contribution is -2.36. The lowest BCUT2D eigenvalue weighted by Gasteiger charge is -2.36. The SMILES string of the molecule is CC1=CC=CC(C)(CBr)C1OCc1ccccc1. The van der Waals surface area contributed by atoms with Crippen LogP contribution in [0.5, 0.6) is 0 Å². The molecule has 0 saturated heterocycles. The minimum absolute atomic E-state index is 0.0353. The van der Waals surface area contributed by atoms with E-state index in [9.17, 15) is 0 Å². The van der Waals surface area contributed by atoms with Gasteiger partial charge >= 0.3 is 0 Å². The van der Waals surface area contributed by atoms with Crippen molar-refractivity contribution in [3.8, 4) is 0 Å². The zero-order valence-corrected chi connectivity index (χ0v) is 12.5. The van der Waals surface area contributed by atoms with Gasteiger partial charge in [0, 0.05) is 10.7 Å². The van der Waals surface area contributed by atoms with Crippen LogP contribution >= 0.6 is 15.9 Å². The molecule has 0 N–H and O–H groups in total. The first-order valence-electron chi connectivity index (χ1n) is 6.23. The Bertz CT molecular complexity index is 449. The molecule has 0 aliphatic heterocycles. The van der Waals surface area contributed by atoms with E-state index < -0.39 is 0 Å². The molecular formula is C16H19BrO. The van der Waals surface area contributed by atoms with E-state index in [2.05, 4.69) is 60.1 Å². The van der Waals surface area contributed by atoms with Crippen LogP contribution in [-0.2, 0) is 11.3 Å². The standard InChI is InChI=1S/C16H19BrO/c1-13-7-6-10-16(2,12-17)15(13)18-11-14-8-4-3-5-9-14/h3-10,15H,11-12H2,1-2H3. The van der Waals surface area contributed by atoms with Gasteiger partial charge in [-0.15, -0.1) is 0 Å². The molecule has 1 aromatic rings. The molecule has 96 valence electrons. The monoisotopic (exact) mass is 306 g/mol. The predicted molar refractivity (Wildman–Crippen MR) is 79.8 cm³/mol. The van der Waals surface area contributed by atoms with Crippen LogP contribution in [0.2, 0.25) is 0 Å². The van der Waals surface area contributed by atoms with Crippen molar-refractivity contribution in [1.82, 2.24) is 0 Å². The number of halogens is 1. The first-order chi connectivity index (χ1) is 8.65. The van der Waals surface area contributed by atoms with Gasteiger partial charge in [-0.25, -0.2) is 0 Å². The highest BCUT2D eigenvalue weighted by atomic mass is 79.9. The molecule has 0 radical (unpaired) electrons. The first kappa shape index (κ1) is 13.6. The van der Waals surface area contributed by atoms with Gasteiger partial charge in [0.15, 0.2) is 0 Å². The first-order valence-corrected chi connectivity index (χ1v) is 7.35. The number of hydrogen-bond acceptors (Lipinski definition) is 1. The van der Waals surface area contributed by atoms with Gasteiger partial charge in [-0.1, -0.05) is 71.4 Å². The molecule has 1 aliphatic carbocycles. The molecule has 2 unspecified atom stereocenters. The van der Waals surface area contributed by atoms with Crippen molar-refractivity contribution < 1.29 is 4.74 Å². The highest BCUT2D eigenvalue weighted by Crippen LogP contribution is 2.36. The Hall–Kier alpha value is -0.860. The fraction of sp³-hybridized carbons (Fsp3) is 0.375. The minimum Gasteiger partial charge on any atom is -0.368 e. The maximum atomic E-state index is 6.14. The highest BCUT2D eigenvalue weighted by Gasteiger charge is 2.34. The summed E-state index contributed by atoms with van der Waals surface area (Å²) >= 11 is 3.60. The predicted octanol–water partition coefficient (Wildman–Crippen LogP) is 4.49. The minimum atomic E-state index is 0.0353. The molecule has 2 rings (SSSR count). The topological polar surface area (TPSA) is 9.23 Å². The molecule has 2 heteroatoms. The zero-order chi connectivity index (χ0) is 13.0. The van der Waals surface area contributed by atoms with E-state index in [-0.39, 0.29) is 11.5 Å². The maximum absolute atomic E-state index is 6.14. The maximum Gasteiger partial charge on any atom is 0.0886 e. The fourth-order valence-electron chi connectivity index (χ4n) is 2.30. The van der Waals surface area contributed by atoms with Crippen LogP contribution in [0.3, 0.4) is 0 Å². The van der Waals surface area contributed by atoms with E-state index in [1.54, 1.807) is 0 Å². The van der Waals surface area contributed by atoms with Crippen molar-refractivity contribution in [2.24, 2.45) is 5.41 Å². The molecule has 0 amide bonds. The summed E-state index contributed by atoms with van der Waals surface area (Å²) in [5, 5.41) is 0.904. The summed E-state index contributed by atoms with van der Waals surface area (Å²) in [7, 11) is 0. The third kappa shape index (κ3) is 2.93. The van der Waals surface area contributed by atoms with Crippen molar-refractivity contribution in [3.05, 3.63) is 59.7 Å². The van der Waals surface area contributed by atoms with Crippen LogP contribution in [0.4, 0.5) is 0 Å². The lowest BCUT2D eigenvalue weighted by atomic mass is 9.79. The summed E-state index contributed by atoms with van der Waals surface area (Å²) in [5.41, 5.74) is 2.54. The van der Waals surface area contributed by atoms with E-state index in [1.165, 1.54) is 11.1 Å². The second-order valence-corrected chi connectivity index (χ2v) is 5.65. The molecule has 0 fully saturated rings. The highest BCUT2D eigenvalue weighted by molar-refractivity contribution is 9.09. The Balaban J connectivity index is 2.07. The van der Waals surface area contributed by atoms with Crippen molar-refractivity contribution in [2.45, 2.75) is 26.6 Å². The quantitative estimate of drug-likeness (QED) is 0.745. The van der Waals surface area contributed by atoms with Gasteiger partial charge in [0.05, 0.1) is 12.7 Å². The summed E-state index contributed by atoms with van der Waals surface area (Å²) in [5.74, 6) is 0. The Morgan fingerprint density at radius 3 is 2.67 bits per heavy atom. The van der Waals surface area contributed by atoms with Crippen LogP contribution in [0.15, 0.2) is 54.1 Å². The van der Waals surface area contributed by atoms with E-state index in [0.717, 1.165) is 5.33 Å². The van der Waals surface area contributed by atoms with Crippen LogP contribution in [0, 0.1) is 5.41 Å². The van der Waals surface area contributed by atoms with Crippen molar-refractivity contribution in [1.29, 1.82) is 0 Å². The smallest absolute Gasteiger partial charge is 0.0886 e. The van der Waals surface area contributed by atoms with Crippen molar-refractivity contribution in [2.75, 3.05) is 5.33 Å². The molecule has 0 spiro atoms. The summed E-state index contributed by atoms with van der Waals surface area (Å²) in [4.78, 5) is 0. The van der Waals surface area contributed by atoms with E-state index >= 15 is 0 Å². The molecule has 18 heavy (non-hydrogen) atoms. The zero-order valence-electron chi connectivity index (χ0n) is 10.9. The van der Waals surface area contributed by atoms with E-state index in [1.807, 2.05) is 18.2 Å². The third-order valence-corrected chi connectivity index (χ3v) is 4.60. The fourth-order valence-corrected chi connectivity index (χ4v) is 2.79. The van der Waals surface area contributed by atoms with Gasteiger partial charge in [-0.2, -0.15) is 0 Å². The number of hydrogen-bond donors (Lipinski definition) is 0. The third-order valence-electron chi connectivity index (χ3n) is 3.40. The molecule has 0 heterocycles. The van der Waals surface area contributed by atoms with Gasteiger partial charge < -0.3 is 4.74 Å². The Morgan fingerprint density at radius 2 is 2.00 bits per heavy atom. The van der Waals surface area contributed by atoms with Crippen molar-refractivity contribution in [3.63, 3.8) is 0 Å². The van der Waals surface area contributed by atoms with Gasteiger partial charge in [-0.3, -0.25) is 0 Å². The molecule has 0 saturated carbocycles. The molecule has 2 atom stereocenters. The van der Waals surface area contributed by atoms with Crippen molar-refractivity contribution >= 4 is 15.9 Å². The van der Waals surface area contributed by atoms with E-state index in [0.29, 0.717) is 6.61 Å².